The molecule has 0 aliphatic rings. The average molecular weight is 291 g/mol. The molecule has 0 amide bonds. The maximum atomic E-state index is 10.6. The summed E-state index contributed by atoms with van der Waals surface area (Å²) in [5.74, 6) is 0.612. The summed E-state index contributed by atoms with van der Waals surface area (Å²) in [6, 6.07) is 9.96. The first kappa shape index (κ1) is 15.0. The molecule has 3 N–H and O–H groups in total. The molecular formula is C16H21NO2S. The van der Waals surface area contributed by atoms with E-state index in [9.17, 15) is 5.11 Å². The Hall–Kier alpha value is -1.36. The van der Waals surface area contributed by atoms with Crippen molar-refractivity contribution in [3.63, 3.8) is 0 Å². The lowest BCUT2D eigenvalue weighted by atomic mass is 9.90. The molecule has 0 saturated carbocycles. The van der Waals surface area contributed by atoms with Crippen LogP contribution in [0.5, 0.6) is 5.75 Å². The number of aliphatic hydroxyl groups excluding tert-OH is 1. The summed E-state index contributed by atoms with van der Waals surface area (Å²) in [6.45, 7) is 4.43. The zero-order valence-electron chi connectivity index (χ0n) is 12.1. The number of aliphatic hydroxyl groups is 1. The summed E-state index contributed by atoms with van der Waals surface area (Å²) < 4.78 is 5.41. The normalized spacial score (nSPS) is 14.1. The SMILES string of the molecule is COc1ccc(C)cc1C(CN)C(O)c1ccc(C)s1. The van der Waals surface area contributed by atoms with Crippen molar-refractivity contribution >= 4 is 11.3 Å². The molecule has 2 atom stereocenters. The van der Waals surface area contributed by atoms with E-state index in [4.69, 9.17) is 10.5 Å². The van der Waals surface area contributed by atoms with Crippen LogP contribution in [-0.2, 0) is 0 Å². The smallest absolute Gasteiger partial charge is 0.122 e. The molecule has 3 nitrogen and oxygen atoms in total. The zero-order chi connectivity index (χ0) is 14.7. The van der Waals surface area contributed by atoms with Gasteiger partial charge in [-0.1, -0.05) is 17.7 Å². The maximum absolute atomic E-state index is 10.6. The third-order valence-electron chi connectivity index (χ3n) is 3.47. The average Bonchev–Trinajstić information content (AvgIpc) is 2.86. The van der Waals surface area contributed by atoms with Crippen LogP contribution in [0.1, 0.15) is 32.9 Å². The molecule has 4 heteroatoms. The second-order valence-corrected chi connectivity index (χ2v) is 6.30. The van der Waals surface area contributed by atoms with Crippen LogP contribution in [0.25, 0.3) is 0 Å². The van der Waals surface area contributed by atoms with Crippen molar-refractivity contribution in [3.8, 4) is 5.75 Å². The van der Waals surface area contributed by atoms with Gasteiger partial charge in [-0.15, -0.1) is 11.3 Å². The summed E-state index contributed by atoms with van der Waals surface area (Å²) in [7, 11) is 1.64. The Kier molecular flexibility index (Phi) is 4.81. The van der Waals surface area contributed by atoms with Gasteiger partial charge < -0.3 is 15.6 Å². The first-order chi connectivity index (χ1) is 9.56. The molecule has 2 aromatic rings. The van der Waals surface area contributed by atoms with E-state index in [1.54, 1.807) is 18.4 Å². The number of benzene rings is 1. The van der Waals surface area contributed by atoms with Crippen LogP contribution < -0.4 is 10.5 Å². The summed E-state index contributed by atoms with van der Waals surface area (Å²) in [5, 5.41) is 10.6. The van der Waals surface area contributed by atoms with Gasteiger partial charge in [0, 0.05) is 27.8 Å². The molecule has 1 aromatic carbocycles. The van der Waals surface area contributed by atoms with Gasteiger partial charge in [0.1, 0.15) is 5.75 Å². The highest BCUT2D eigenvalue weighted by atomic mass is 32.1. The number of thiophene rings is 1. The van der Waals surface area contributed by atoms with Crippen LogP contribution in [0, 0.1) is 13.8 Å². The Balaban J connectivity index is 2.39. The lowest BCUT2D eigenvalue weighted by Gasteiger charge is -2.23. The molecule has 0 spiro atoms. The molecule has 0 saturated heterocycles. The Labute approximate surface area is 124 Å². The van der Waals surface area contributed by atoms with E-state index >= 15 is 0 Å². The van der Waals surface area contributed by atoms with Gasteiger partial charge in [-0.05, 0) is 32.0 Å². The Morgan fingerprint density at radius 1 is 1.25 bits per heavy atom. The first-order valence-corrected chi connectivity index (χ1v) is 7.47. The van der Waals surface area contributed by atoms with E-state index in [0.29, 0.717) is 6.54 Å². The highest BCUT2D eigenvalue weighted by molar-refractivity contribution is 7.12. The molecule has 108 valence electrons. The minimum absolute atomic E-state index is 0.164. The van der Waals surface area contributed by atoms with Crippen LogP contribution in [0.3, 0.4) is 0 Å². The van der Waals surface area contributed by atoms with E-state index in [1.807, 2.05) is 44.2 Å². The predicted octanol–water partition coefficient (Wildman–Crippen LogP) is 3.15. The Morgan fingerprint density at radius 2 is 2.00 bits per heavy atom. The van der Waals surface area contributed by atoms with Gasteiger partial charge in [-0.2, -0.15) is 0 Å². The molecule has 0 aliphatic carbocycles. The molecular weight excluding hydrogens is 270 g/mol. The van der Waals surface area contributed by atoms with Crippen LogP contribution in [0.15, 0.2) is 30.3 Å². The number of aryl methyl sites for hydroxylation is 2. The molecule has 0 aliphatic heterocycles. The third kappa shape index (κ3) is 3.03. The monoisotopic (exact) mass is 291 g/mol. The fraction of sp³-hybridized carbons (Fsp3) is 0.375. The Morgan fingerprint density at radius 3 is 2.55 bits per heavy atom. The highest BCUT2D eigenvalue weighted by Gasteiger charge is 2.25. The van der Waals surface area contributed by atoms with Crippen molar-refractivity contribution in [3.05, 3.63) is 51.2 Å². The number of ether oxygens (including phenoxy) is 1. The molecule has 0 fully saturated rings. The van der Waals surface area contributed by atoms with Crippen molar-refractivity contribution < 1.29 is 9.84 Å². The van der Waals surface area contributed by atoms with Gasteiger partial charge in [-0.25, -0.2) is 0 Å². The molecule has 2 rings (SSSR count). The molecule has 2 unspecified atom stereocenters. The fourth-order valence-electron chi connectivity index (χ4n) is 2.38. The van der Waals surface area contributed by atoms with Crippen LogP contribution in [-0.4, -0.2) is 18.8 Å². The molecule has 0 bridgehead atoms. The summed E-state index contributed by atoms with van der Waals surface area (Å²) in [4.78, 5) is 2.13. The van der Waals surface area contributed by atoms with E-state index in [0.717, 1.165) is 21.8 Å². The second kappa shape index (κ2) is 6.39. The zero-order valence-corrected chi connectivity index (χ0v) is 12.9. The number of nitrogens with two attached hydrogens (primary N) is 1. The van der Waals surface area contributed by atoms with Crippen LogP contribution in [0.2, 0.25) is 0 Å². The first-order valence-electron chi connectivity index (χ1n) is 6.65. The molecule has 1 heterocycles. The lowest BCUT2D eigenvalue weighted by molar-refractivity contribution is 0.149. The molecule has 1 aromatic heterocycles. The lowest BCUT2D eigenvalue weighted by Crippen LogP contribution is -2.20. The second-order valence-electron chi connectivity index (χ2n) is 4.98. The Bertz CT molecular complexity index is 580. The van der Waals surface area contributed by atoms with E-state index in [2.05, 4.69) is 0 Å². The highest BCUT2D eigenvalue weighted by Crippen LogP contribution is 2.38. The third-order valence-corrected chi connectivity index (χ3v) is 4.54. The van der Waals surface area contributed by atoms with E-state index in [-0.39, 0.29) is 5.92 Å². The number of hydrogen-bond donors (Lipinski definition) is 2. The minimum Gasteiger partial charge on any atom is -0.496 e. The van der Waals surface area contributed by atoms with Crippen molar-refractivity contribution in [1.82, 2.24) is 0 Å². The topological polar surface area (TPSA) is 55.5 Å². The molecule has 0 radical (unpaired) electrons. The van der Waals surface area contributed by atoms with Gasteiger partial charge >= 0.3 is 0 Å². The fourth-order valence-corrected chi connectivity index (χ4v) is 3.31. The van der Waals surface area contributed by atoms with Crippen LogP contribution >= 0.6 is 11.3 Å². The van der Waals surface area contributed by atoms with Gasteiger partial charge in [0.15, 0.2) is 0 Å². The largest absolute Gasteiger partial charge is 0.496 e. The van der Waals surface area contributed by atoms with Crippen molar-refractivity contribution in [1.29, 1.82) is 0 Å². The van der Waals surface area contributed by atoms with E-state index < -0.39 is 6.10 Å². The summed E-state index contributed by atoms with van der Waals surface area (Å²) in [6.07, 6.45) is -0.602. The number of rotatable bonds is 5. The number of methoxy groups -OCH3 is 1. The van der Waals surface area contributed by atoms with Crippen LogP contribution in [0.4, 0.5) is 0 Å². The standard InChI is InChI=1S/C16H21NO2S/c1-10-4-6-14(19-3)12(8-10)13(9-17)16(18)15-7-5-11(2)20-15/h4-8,13,16,18H,9,17H2,1-3H3. The van der Waals surface area contributed by atoms with Crippen molar-refractivity contribution in [2.24, 2.45) is 5.73 Å². The minimum atomic E-state index is -0.602. The van der Waals surface area contributed by atoms with Crippen molar-refractivity contribution in [2.75, 3.05) is 13.7 Å². The quantitative estimate of drug-likeness (QED) is 0.889. The maximum Gasteiger partial charge on any atom is 0.122 e. The van der Waals surface area contributed by atoms with Gasteiger partial charge in [0.25, 0.3) is 0 Å². The predicted molar refractivity (Wildman–Crippen MR) is 83.5 cm³/mol. The van der Waals surface area contributed by atoms with Gasteiger partial charge in [0.05, 0.1) is 13.2 Å². The van der Waals surface area contributed by atoms with Gasteiger partial charge in [0.2, 0.25) is 0 Å². The number of hydrogen-bond acceptors (Lipinski definition) is 4. The summed E-state index contributed by atoms with van der Waals surface area (Å²) in [5.41, 5.74) is 8.01. The van der Waals surface area contributed by atoms with Crippen molar-refractivity contribution in [2.45, 2.75) is 25.9 Å². The summed E-state index contributed by atoms with van der Waals surface area (Å²) >= 11 is 1.61. The van der Waals surface area contributed by atoms with E-state index in [1.165, 1.54) is 4.88 Å². The molecule has 20 heavy (non-hydrogen) atoms. The van der Waals surface area contributed by atoms with Gasteiger partial charge in [-0.3, -0.25) is 0 Å².